The van der Waals surface area contributed by atoms with Gasteiger partial charge in [-0.3, -0.25) is 14.5 Å². The number of ether oxygens (including phenoxy) is 1. The van der Waals surface area contributed by atoms with Crippen LogP contribution in [0.5, 0.6) is 0 Å². The molecule has 128 valence electrons. The summed E-state index contributed by atoms with van der Waals surface area (Å²) in [6.07, 6.45) is 3.80. The van der Waals surface area contributed by atoms with Gasteiger partial charge in [-0.05, 0) is 31.2 Å². The number of morpholine rings is 1. The Kier molecular flexibility index (Phi) is 3.97. The second kappa shape index (κ2) is 6.29. The van der Waals surface area contributed by atoms with Crippen molar-refractivity contribution in [2.24, 2.45) is 7.05 Å². The first kappa shape index (κ1) is 15.8. The molecule has 0 saturated carbocycles. The highest BCUT2D eigenvalue weighted by Gasteiger charge is 2.19. The Morgan fingerprint density at radius 3 is 2.72 bits per heavy atom. The van der Waals surface area contributed by atoms with Crippen molar-refractivity contribution in [2.45, 2.75) is 6.92 Å². The SMILES string of the molecule is Cc1nc2ccc(C(=O)N3CCOCC3)cc2cc1-c1cnn(C)c1. The summed E-state index contributed by atoms with van der Waals surface area (Å²) in [5.74, 6) is 0.0497. The zero-order valence-corrected chi connectivity index (χ0v) is 14.4. The Hall–Kier alpha value is -2.73. The van der Waals surface area contributed by atoms with Crippen LogP contribution in [0.1, 0.15) is 16.1 Å². The second-order valence-corrected chi connectivity index (χ2v) is 6.34. The summed E-state index contributed by atoms with van der Waals surface area (Å²) in [6, 6.07) is 7.80. The van der Waals surface area contributed by atoms with Crippen LogP contribution in [0.4, 0.5) is 0 Å². The van der Waals surface area contributed by atoms with E-state index in [9.17, 15) is 4.79 Å². The fourth-order valence-electron chi connectivity index (χ4n) is 3.21. The Bertz CT molecular complexity index is 942. The highest BCUT2D eigenvalue weighted by atomic mass is 16.5. The Morgan fingerprint density at radius 2 is 2.00 bits per heavy atom. The van der Waals surface area contributed by atoms with E-state index in [0.29, 0.717) is 31.9 Å². The van der Waals surface area contributed by atoms with E-state index in [2.05, 4.69) is 11.2 Å². The van der Waals surface area contributed by atoms with Gasteiger partial charge in [-0.1, -0.05) is 0 Å². The molecular formula is C19H20N4O2. The van der Waals surface area contributed by atoms with Crippen molar-refractivity contribution in [3.05, 3.63) is 47.9 Å². The van der Waals surface area contributed by atoms with Gasteiger partial charge in [-0.15, -0.1) is 0 Å². The van der Waals surface area contributed by atoms with Gasteiger partial charge >= 0.3 is 0 Å². The summed E-state index contributed by atoms with van der Waals surface area (Å²) in [6.45, 7) is 4.49. The molecule has 1 fully saturated rings. The van der Waals surface area contributed by atoms with Crippen molar-refractivity contribution >= 4 is 16.8 Å². The van der Waals surface area contributed by atoms with Gasteiger partial charge in [0.1, 0.15) is 0 Å². The van der Waals surface area contributed by atoms with Gasteiger partial charge in [0.25, 0.3) is 5.91 Å². The summed E-state index contributed by atoms with van der Waals surface area (Å²) in [5.41, 5.74) is 4.60. The molecule has 1 saturated heterocycles. The van der Waals surface area contributed by atoms with Crippen molar-refractivity contribution in [3.8, 4) is 11.1 Å². The monoisotopic (exact) mass is 336 g/mol. The maximum absolute atomic E-state index is 12.7. The number of benzene rings is 1. The van der Waals surface area contributed by atoms with Crippen molar-refractivity contribution in [3.63, 3.8) is 0 Å². The molecule has 1 aliphatic heterocycles. The number of hydrogen-bond acceptors (Lipinski definition) is 4. The van der Waals surface area contributed by atoms with Crippen molar-refractivity contribution < 1.29 is 9.53 Å². The lowest BCUT2D eigenvalue weighted by Crippen LogP contribution is -2.40. The third kappa shape index (κ3) is 3.00. The molecule has 4 rings (SSSR count). The van der Waals surface area contributed by atoms with E-state index in [0.717, 1.165) is 27.7 Å². The Balaban J connectivity index is 1.74. The molecule has 0 bridgehead atoms. The molecule has 0 atom stereocenters. The molecule has 3 aromatic rings. The molecule has 1 aliphatic rings. The summed E-state index contributed by atoms with van der Waals surface area (Å²) in [7, 11) is 1.90. The molecule has 0 N–H and O–H groups in total. The van der Waals surface area contributed by atoms with Crippen LogP contribution in [0, 0.1) is 6.92 Å². The van der Waals surface area contributed by atoms with Gasteiger partial charge in [0.15, 0.2) is 0 Å². The minimum atomic E-state index is 0.0497. The molecule has 2 aromatic heterocycles. The minimum absolute atomic E-state index is 0.0497. The molecule has 6 heteroatoms. The lowest BCUT2D eigenvalue weighted by atomic mass is 10.0. The first-order valence-electron chi connectivity index (χ1n) is 8.39. The molecule has 25 heavy (non-hydrogen) atoms. The average Bonchev–Trinajstić information content (AvgIpc) is 3.07. The molecule has 3 heterocycles. The van der Waals surface area contributed by atoms with Gasteiger partial charge in [0, 0.05) is 54.1 Å². The number of carbonyl (C=O) groups is 1. The summed E-state index contributed by atoms with van der Waals surface area (Å²) in [4.78, 5) is 19.2. The zero-order chi connectivity index (χ0) is 17.4. The van der Waals surface area contributed by atoms with Crippen LogP contribution < -0.4 is 0 Å². The average molecular weight is 336 g/mol. The molecule has 0 aliphatic carbocycles. The molecule has 1 amide bonds. The lowest BCUT2D eigenvalue weighted by molar-refractivity contribution is 0.0303. The van der Waals surface area contributed by atoms with Crippen molar-refractivity contribution in [1.82, 2.24) is 19.7 Å². The highest BCUT2D eigenvalue weighted by molar-refractivity contribution is 5.98. The highest BCUT2D eigenvalue weighted by Crippen LogP contribution is 2.26. The molecule has 0 spiro atoms. The van der Waals surface area contributed by atoms with E-state index in [1.165, 1.54) is 0 Å². The van der Waals surface area contributed by atoms with Crippen molar-refractivity contribution in [2.75, 3.05) is 26.3 Å². The number of aromatic nitrogens is 3. The molecule has 6 nitrogen and oxygen atoms in total. The van der Waals surface area contributed by atoms with Gasteiger partial charge in [0.2, 0.25) is 0 Å². The number of carbonyl (C=O) groups excluding carboxylic acids is 1. The summed E-state index contributed by atoms with van der Waals surface area (Å²) in [5, 5.41) is 5.20. The number of fused-ring (bicyclic) bond motifs is 1. The van der Waals surface area contributed by atoms with E-state index >= 15 is 0 Å². The maximum Gasteiger partial charge on any atom is 0.254 e. The van der Waals surface area contributed by atoms with Crippen LogP contribution in [0.25, 0.3) is 22.0 Å². The van der Waals surface area contributed by atoms with Gasteiger partial charge in [-0.2, -0.15) is 5.10 Å². The quantitative estimate of drug-likeness (QED) is 0.721. The predicted molar refractivity (Wildman–Crippen MR) is 95.4 cm³/mol. The summed E-state index contributed by atoms with van der Waals surface area (Å²) >= 11 is 0. The number of amides is 1. The molecule has 0 radical (unpaired) electrons. The zero-order valence-electron chi connectivity index (χ0n) is 14.4. The van der Waals surface area contributed by atoms with Crippen molar-refractivity contribution in [1.29, 1.82) is 0 Å². The maximum atomic E-state index is 12.7. The Labute approximate surface area is 146 Å². The first-order chi connectivity index (χ1) is 12.1. The van der Waals surface area contributed by atoms with Crippen LogP contribution in [-0.2, 0) is 11.8 Å². The van der Waals surface area contributed by atoms with E-state index in [1.54, 1.807) is 4.68 Å². The van der Waals surface area contributed by atoms with E-state index in [-0.39, 0.29) is 5.91 Å². The van der Waals surface area contributed by atoms with Crippen LogP contribution >= 0.6 is 0 Å². The van der Waals surface area contributed by atoms with E-state index in [1.807, 2.05) is 49.5 Å². The smallest absolute Gasteiger partial charge is 0.254 e. The van der Waals surface area contributed by atoms with Crippen LogP contribution in [0.3, 0.4) is 0 Å². The third-order valence-corrected chi connectivity index (χ3v) is 4.57. The van der Waals surface area contributed by atoms with Crippen LogP contribution in [-0.4, -0.2) is 51.9 Å². The Morgan fingerprint density at radius 1 is 1.20 bits per heavy atom. The molecule has 1 aromatic carbocycles. The van der Waals surface area contributed by atoms with Gasteiger partial charge in [0.05, 0.1) is 24.9 Å². The first-order valence-corrected chi connectivity index (χ1v) is 8.39. The number of hydrogen-bond donors (Lipinski definition) is 0. The molecule has 0 unspecified atom stereocenters. The van der Waals surface area contributed by atoms with Gasteiger partial charge < -0.3 is 9.64 Å². The van der Waals surface area contributed by atoms with Crippen LogP contribution in [0.15, 0.2) is 36.7 Å². The molecular weight excluding hydrogens is 316 g/mol. The predicted octanol–water partition coefficient (Wildman–Crippen LogP) is 2.42. The van der Waals surface area contributed by atoms with E-state index in [4.69, 9.17) is 9.72 Å². The number of nitrogens with zero attached hydrogens (tertiary/aromatic N) is 4. The second-order valence-electron chi connectivity index (χ2n) is 6.34. The number of rotatable bonds is 2. The number of pyridine rings is 1. The standard InChI is InChI=1S/C19H20N4O2/c1-13-17(16-11-20-22(2)12-16)10-15-9-14(3-4-18(15)21-13)19(24)23-5-7-25-8-6-23/h3-4,9-12H,5-8H2,1-2H3. The van der Waals surface area contributed by atoms with Crippen LogP contribution in [0.2, 0.25) is 0 Å². The minimum Gasteiger partial charge on any atom is -0.378 e. The van der Waals surface area contributed by atoms with E-state index < -0.39 is 0 Å². The van der Waals surface area contributed by atoms with Gasteiger partial charge in [-0.25, -0.2) is 0 Å². The summed E-state index contributed by atoms with van der Waals surface area (Å²) < 4.78 is 7.10. The largest absolute Gasteiger partial charge is 0.378 e. The normalized spacial score (nSPS) is 14.9. The third-order valence-electron chi connectivity index (χ3n) is 4.57. The fourth-order valence-corrected chi connectivity index (χ4v) is 3.21. The lowest BCUT2D eigenvalue weighted by Gasteiger charge is -2.27. The fraction of sp³-hybridized carbons (Fsp3) is 0.316. The number of aryl methyl sites for hydroxylation is 2. The topological polar surface area (TPSA) is 60.3 Å².